The highest BCUT2D eigenvalue weighted by molar-refractivity contribution is 5.34. The molecule has 1 aliphatic carbocycles. The van der Waals surface area contributed by atoms with Gasteiger partial charge in [-0.15, -0.1) is 0 Å². The van der Waals surface area contributed by atoms with E-state index in [1.54, 1.807) is 18.3 Å². The normalized spacial score (nSPS) is 22.8. The molecule has 2 nitrogen and oxygen atoms in total. The Bertz CT molecular complexity index is 527. The lowest BCUT2D eigenvalue weighted by Gasteiger charge is -2.37. The van der Waals surface area contributed by atoms with Gasteiger partial charge in [-0.1, -0.05) is 29.9 Å². The Balaban J connectivity index is 1.80. The topological polar surface area (TPSA) is 12.5 Å². The van der Waals surface area contributed by atoms with Crippen LogP contribution in [0.4, 0.5) is 0 Å². The molecule has 1 unspecified atom stereocenters. The van der Waals surface area contributed by atoms with Crippen LogP contribution < -0.4 is 4.74 Å². The van der Waals surface area contributed by atoms with E-state index < -0.39 is 0 Å². The van der Waals surface area contributed by atoms with E-state index in [2.05, 4.69) is 48.4 Å². The molecule has 1 atom stereocenters. The third-order valence-electron chi connectivity index (χ3n) is 4.61. The van der Waals surface area contributed by atoms with Gasteiger partial charge in [-0.25, -0.2) is 0 Å². The molecule has 1 aromatic carbocycles. The molecule has 0 aromatic heterocycles. The molecule has 0 saturated carbocycles. The van der Waals surface area contributed by atoms with E-state index in [-0.39, 0.29) is 0 Å². The zero-order chi connectivity index (χ0) is 13.9. The number of allylic oxidation sites excluding steroid dienone is 2. The van der Waals surface area contributed by atoms with Gasteiger partial charge in [0.15, 0.2) is 0 Å². The molecule has 2 aliphatic rings. The standard InChI is InChI=1S/C18H23NO/c1-19-12-11-15-5-3-4-6-17(15)18(19)13-14-7-9-16(20-2)10-8-14/h3-4,7-10,18H,5-6,11-13H2,1-2H3. The SMILES string of the molecule is COc1ccc(CC2C3=C(CC=CC3)CCN2C)cc1. The highest BCUT2D eigenvalue weighted by atomic mass is 16.5. The number of benzene rings is 1. The van der Waals surface area contributed by atoms with Gasteiger partial charge in [-0.05, 0) is 56.0 Å². The van der Waals surface area contributed by atoms with Crippen LogP contribution in [-0.2, 0) is 6.42 Å². The quantitative estimate of drug-likeness (QED) is 0.778. The van der Waals surface area contributed by atoms with E-state index >= 15 is 0 Å². The monoisotopic (exact) mass is 269 g/mol. The van der Waals surface area contributed by atoms with Gasteiger partial charge in [0.2, 0.25) is 0 Å². The molecule has 1 aromatic rings. The summed E-state index contributed by atoms with van der Waals surface area (Å²) >= 11 is 0. The van der Waals surface area contributed by atoms with E-state index in [1.807, 2.05) is 0 Å². The Morgan fingerprint density at radius 1 is 1.15 bits per heavy atom. The number of hydrogen-bond acceptors (Lipinski definition) is 2. The molecular formula is C18H23NO. The molecule has 20 heavy (non-hydrogen) atoms. The zero-order valence-corrected chi connectivity index (χ0v) is 12.4. The van der Waals surface area contributed by atoms with Crippen molar-refractivity contribution in [3.8, 4) is 5.75 Å². The van der Waals surface area contributed by atoms with Gasteiger partial charge >= 0.3 is 0 Å². The fourth-order valence-corrected chi connectivity index (χ4v) is 3.34. The van der Waals surface area contributed by atoms with E-state index in [1.165, 1.54) is 24.9 Å². The van der Waals surface area contributed by atoms with Gasteiger partial charge in [-0.2, -0.15) is 0 Å². The van der Waals surface area contributed by atoms with Crippen LogP contribution in [0, 0.1) is 0 Å². The first-order chi connectivity index (χ1) is 9.78. The van der Waals surface area contributed by atoms with Crippen LogP contribution in [0.3, 0.4) is 0 Å². The van der Waals surface area contributed by atoms with Crippen molar-refractivity contribution in [2.75, 3.05) is 20.7 Å². The Morgan fingerprint density at radius 3 is 2.65 bits per heavy atom. The number of likely N-dealkylation sites (N-methyl/N-ethyl adjacent to an activating group) is 1. The van der Waals surface area contributed by atoms with Crippen LogP contribution in [0.25, 0.3) is 0 Å². The fraction of sp³-hybridized carbons (Fsp3) is 0.444. The first-order valence-electron chi connectivity index (χ1n) is 7.47. The van der Waals surface area contributed by atoms with Crippen molar-refractivity contribution in [3.63, 3.8) is 0 Å². The lowest BCUT2D eigenvalue weighted by Crippen LogP contribution is -2.40. The van der Waals surface area contributed by atoms with Crippen molar-refractivity contribution in [3.05, 3.63) is 53.1 Å². The molecule has 0 fully saturated rings. The van der Waals surface area contributed by atoms with Crippen LogP contribution >= 0.6 is 0 Å². The lowest BCUT2D eigenvalue weighted by molar-refractivity contribution is 0.250. The highest BCUT2D eigenvalue weighted by Crippen LogP contribution is 2.33. The predicted octanol–water partition coefficient (Wildman–Crippen LogP) is 3.59. The molecule has 0 amide bonds. The van der Waals surface area contributed by atoms with Crippen LogP contribution in [0.1, 0.15) is 24.8 Å². The molecule has 1 aliphatic heterocycles. The van der Waals surface area contributed by atoms with Crippen LogP contribution in [-0.4, -0.2) is 31.6 Å². The molecular weight excluding hydrogens is 246 g/mol. The first-order valence-corrected chi connectivity index (χ1v) is 7.47. The van der Waals surface area contributed by atoms with Crippen molar-refractivity contribution in [2.24, 2.45) is 0 Å². The predicted molar refractivity (Wildman–Crippen MR) is 83.1 cm³/mol. The lowest BCUT2D eigenvalue weighted by atomic mass is 9.83. The summed E-state index contributed by atoms with van der Waals surface area (Å²) in [6.45, 7) is 1.19. The van der Waals surface area contributed by atoms with Gasteiger partial charge in [0, 0.05) is 12.6 Å². The maximum Gasteiger partial charge on any atom is 0.118 e. The molecule has 1 heterocycles. The van der Waals surface area contributed by atoms with Crippen molar-refractivity contribution in [1.29, 1.82) is 0 Å². The van der Waals surface area contributed by atoms with Gasteiger partial charge in [0.25, 0.3) is 0 Å². The van der Waals surface area contributed by atoms with Gasteiger partial charge in [0.05, 0.1) is 7.11 Å². The summed E-state index contributed by atoms with van der Waals surface area (Å²) in [4.78, 5) is 2.52. The van der Waals surface area contributed by atoms with Gasteiger partial charge < -0.3 is 4.74 Å². The highest BCUT2D eigenvalue weighted by Gasteiger charge is 2.27. The molecule has 2 heteroatoms. The van der Waals surface area contributed by atoms with E-state index in [4.69, 9.17) is 4.74 Å². The summed E-state index contributed by atoms with van der Waals surface area (Å²) in [6, 6.07) is 9.08. The third-order valence-corrected chi connectivity index (χ3v) is 4.61. The molecule has 0 N–H and O–H groups in total. The molecule has 0 radical (unpaired) electrons. The summed E-state index contributed by atoms with van der Waals surface area (Å²) in [7, 11) is 3.98. The summed E-state index contributed by atoms with van der Waals surface area (Å²) < 4.78 is 5.24. The van der Waals surface area contributed by atoms with Crippen LogP contribution in [0.5, 0.6) is 5.75 Å². The maximum absolute atomic E-state index is 5.24. The maximum atomic E-state index is 5.24. The number of hydrogen-bond donors (Lipinski definition) is 0. The number of rotatable bonds is 3. The number of nitrogens with zero attached hydrogens (tertiary/aromatic N) is 1. The molecule has 0 bridgehead atoms. The van der Waals surface area contributed by atoms with E-state index in [0.29, 0.717) is 6.04 Å². The first kappa shape index (κ1) is 13.4. The molecule has 3 rings (SSSR count). The Kier molecular flexibility index (Phi) is 3.93. The van der Waals surface area contributed by atoms with Crippen LogP contribution in [0.2, 0.25) is 0 Å². The summed E-state index contributed by atoms with van der Waals surface area (Å²) in [5.41, 5.74) is 4.74. The van der Waals surface area contributed by atoms with Crippen molar-refractivity contribution in [2.45, 2.75) is 31.7 Å². The minimum atomic E-state index is 0.567. The Labute approximate surface area is 121 Å². The summed E-state index contributed by atoms with van der Waals surface area (Å²) in [5.74, 6) is 0.936. The minimum Gasteiger partial charge on any atom is -0.497 e. The van der Waals surface area contributed by atoms with Crippen molar-refractivity contribution in [1.82, 2.24) is 4.90 Å². The Morgan fingerprint density at radius 2 is 1.90 bits per heavy atom. The largest absolute Gasteiger partial charge is 0.497 e. The molecule has 0 spiro atoms. The Hall–Kier alpha value is -1.54. The average Bonchev–Trinajstić information content (AvgIpc) is 2.51. The second-order valence-corrected chi connectivity index (χ2v) is 5.81. The van der Waals surface area contributed by atoms with E-state index in [0.717, 1.165) is 18.6 Å². The van der Waals surface area contributed by atoms with E-state index in [9.17, 15) is 0 Å². The van der Waals surface area contributed by atoms with Crippen molar-refractivity contribution >= 4 is 0 Å². The minimum absolute atomic E-state index is 0.567. The summed E-state index contributed by atoms with van der Waals surface area (Å²) in [5, 5.41) is 0. The van der Waals surface area contributed by atoms with Gasteiger partial charge in [0.1, 0.15) is 5.75 Å². The summed E-state index contributed by atoms with van der Waals surface area (Å²) in [6.07, 6.45) is 9.32. The smallest absolute Gasteiger partial charge is 0.118 e. The molecule has 106 valence electrons. The average molecular weight is 269 g/mol. The van der Waals surface area contributed by atoms with Crippen LogP contribution in [0.15, 0.2) is 47.6 Å². The van der Waals surface area contributed by atoms with Crippen molar-refractivity contribution < 1.29 is 4.74 Å². The number of ether oxygens (including phenoxy) is 1. The second kappa shape index (κ2) is 5.84. The fourth-order valence-electron chi connectivity index (χ4n) is 3.34. The van der Waals surface area contributed by atoms with Gasteiger partial charge in [-0.3, -0.25) is 4.90 Å². The number of methoxy groups -OCH3 is 1. The zero-order valence-electron chi connectivity index (χ0n) is 12.4. The molecule has 0 saturated heterocycles. The third kappa shape index (κ3) is 2.66. The second-order valence-electron chi connectivity index (χ2n) is 5.81.